The number of nitrogens with zero attached hydrogens (tertiary/aromatic N) is 3. The Labute approximate surface area is 89.5 Å². The van der Waals surface area contributed by atoms with Crippen molar-refractivity contribution in [2.45, 2.75) is 43.9 Å². The molecule has 15 heavy (non-hydrogen) atoms. The quantitative estimate of drug-likeness (QED) is 0.731. The van der Waals surface area contributed by atoms with Crippen molar-refractivity contribution in [2.75, 3.05) is 0 Å². The first-order valence-electron chi connectivity index (χ1n) is 5.60. The smallest absolute Gasteiger partial charge is 0.188 e. The van der Waals surface area contributed by atoms with Crippen LogP contribution in [0.15, 0.2) is 0 Å². The largest absolute Gasteiger partial charge is 0.315 e. The van der Waals surface area contributed by atoms with Gasteiger partial charge in [-0.15, -0.1) is 0 Å². The van der Waals surface area contributed by atoms with Gasteiger partial charge in [0.25, 0.3) is 0 Å². The van der Waals surface area contributed by atoms with Gasteiger partial charge in [0.1, 0.15) is 5.82 Å². The van der Waals surface area contributed by atoms with E-state index in [4.69, 9.17) is 0 Å². The van der Waals surface area contributed by atoms with Crippen molar-refractivity contribution in [1.82, 2.24) is 14.8 Å². The third-order valence-corrected chi connectivity index (χ3v) is 7.55. The number of hydrogen-bond donors (Lipinski definition) is 0. The molecule has 0 spiro atoms. The minimum absolute atomic E-state index is 0.423. The summed E-state index contributed by atoms with van der Waals surface area (Å²) in [4.78, 5) is 4.39. The molecule has 0 saturated heterocycles. The third-order valence-electron chi connectivity index (χ3n) is 3.34. The molecular formula is C10H16N3OP. The Morgan fingerprint density at radius 3 is 2.13 bits per heavy atom. The summed E-state index contributed by atoms with van der Waals surface area (Å²) in [5.41, 5.74) is 1.63. The molecule has 0 aromatic carbocycles. The highest BCUT2D eigenvalue weighted by Gasteiger charge is 2.54. The van der Waals surface area contributed by atoms with E-state index in [9.17, 15) is 4.57 Å². The Morgan fingerprint density at radius 2 is 1.80 bits per heavy atom. The number of hydrogen-bond acceptors (Lipinski definition) is 3. The molecule has 1 aromatic rings. The van der Waals surface area contributed by atoms with Crippen molar-refractivity contribution in [3.63, 3.8) is 0 Å². The molecule has 3 rings (SSSR count). The van der Waals surface area contributed by atoms with Gasteiger partial charge in [0.15, 0.2) is 12.7 Å². The van der Waals surface area contributed by atoms with Crippen molar-refractivity contribution in [1.29, 1.82) is 0 Å². The van der Waals surface area contributed by atoms with Gasteiger partial charge in [0.2, 0.25) is 0 Å². The molecule has 0 bridgehead atoms. The molecule has 5 heteroatoms. The average Bonchev–Trinajstić information content (AvgIpc) is 3.01. The highest BCUT2D eigenvalue weighted by atomic mass is 31.2. The van der Waals surface area contributed by atoms with Gasteiger partial charge in [-0.25, -0.2) is 9.67 Å². The van der Waals surface area contributed by atoms with Crippen LogP contribution in [0.5, 0.6) is 0 Å². The predicted octanol–water partition coefficient (Wildman–Crippen LogP) is 1.44. The Balaban J connectivity index is 2.08. The van der Waals surface area contributed by atoms with Gasteiger partial charge in [-0.1, -0.05) is 0 Å². The van der Waals surface area contributed by atoms with E-state index >= 15 is 0 Å². The fraction of sp³-hybridized carbons (Fsp3) is 0.800. The maximum absolute atomic E-state index is 13.1. The number of rotatable bonds is 3. The number of aromatic nitrogens is 3. The van der Waals surface area contributed by atoms with E-state index in [2.05, 4.69) is 10.1 Å². The summed E-state index contributed by atoms with van der Waals surface area (Å²) in [6.45, 7) is 1.87. The van der Waals surface area contributed by atoms with Crippen LogP contribution in [0.3, 0.4) is 0 Å². The van der Waals surface area contributed by atoms with Gasteiger partial charge in [0.05, 0.1) is 0 Å². The van der Waals surface area contributed by atoms with Crippen molar-refractivity contribution in [3.8, 4) is 0 Å². The van der Waals surface area contributed by atoms with E-state index in [0.717, 1.165) is 37.1 Å². The van der Waals surface area contributed by atoms with Crippen LogP contribution in [0.2, 0.25) is 0 Å². The molecule has 0 aliphatic heterocycles. The summed E-state index contributed by atoms with van der Waals surface area (Å²) in [6, 6.07) is 0. The summed E-state index contributed by atoms with van der Waals surface area (Å²) >= 11 is 0. The van der Waals surface area contributed by atoms with Crippen molar-refractivity contribution < 1.29 is 4.57 Å². The van der Waals surface area contributed by atoms with E-state index < -0.39 is 7.14 Å². The first-order valence-corrected chi connectivity index (χ1v) is 7.44. The van der Waals surface area contributed by atoms with Gasteiger partial charge >= 0.3 is 0 Å². The molecule has 1 heterocycles. The van der Waals surface area contributed by atoms with E-state index in [1.165, 1.54) is 0 Å². The van der Waals surface area contributed by atoms with Crippen LogP contribution in [-0.2, 0) is 11.6 Å². The lowest BCUT2D eigenvalue weighted by Crippen LogP contribution is -2.22. The summed E-state index contributed by atoms with van der Waals surface area (Å²) in [6.07, 6.45) is 4.50. The Hall–Kier alpha value is -0.630. The second kappa shape index (κ2) is 2.94. The molecule has 2 aliphatic rings. The van der Waals surface area contributed by atoms with Gasteiger partial charge in [-0.3, -0.25) is 0 Å². The van der Waals surface area contributed by atoms with E-state index in [-0.39, 0.29) is 0 Å². The van der Waals surface area contributed by atoms with Crippen molar-refractivity contribution >= 4 is 12.7 Å². The topological polar surface area (TPSA) is 47.8 Å². The van der Waals surface area contributed by atoms with Crippen LogP contribution in [0, 0.1) is 6.92 Å². The summed E-state index contributed by atoms with van der Waals surface area (Å²) in [7, 11) is -0.353. The van der Waals surface area contributed by atoms with Crippen LogP contribution in [0.1, 0.15) is 31.5 Å². The second-order valence-corrected chi connectivity index (χ2v) is 8.03. The highest BCUT2D eigenvalue weighted by Crippen LogP contribution is 2.68. The predicted molar refractivity (Wildman–Crippen MR) is 59.0 cm³/mol. The first kappa shape index (κ1) is 9.59. The molecule has 0 radical (unpaired) electrons. The highest BCUT2D eigenvalue weighted by molar-refractivity contribution is 7.73. The van der Waals surface area contributed by atoms with Crippen molar-refractivity contribution in [3.05, 3.63) is 5.82 Å². The molecule has 0 unspecified atom stereocenters. The standard InChI is InChI=1S/C10H16N3OP/c1-7-11-10(13(2)12-7)15(14,8-3-4-8)9-5-6-9/h8-9H,3-6H2,1-2H3. The third kappa shape index (κ3) is 1.38. The average molecular weight is 225 g/mol. The molecule has 0 amide bonds. The molecular weight excluding hydrogens is 209 g/mol. The summed E-state index contributed by atoms with van der Waals surface area (Å²) < 4.78 is 14.8. The zero-order valence-corrected chi connectivity index (χ0v) is 10.1. The SMILES string of the molecule is Cc1nc(P(=O)(C2CC2)C2CC2)n(C)n1. The Bertz CT molecular complexity index is 430. The first-order chi connectivity index (χ1) is 7.12. The lowest BCUT2D eigenvalue weighted by molar-refractivity contribution is 0.576. The Morgan fingerprint density at radius 1 is 1.27 bits per heavy atom. The van der Waals surface area contributed by atoms with Crippen LogP contribution in [0.25, 0.3) is 0 Å². The Kier molecular flexibility index (Phi) is 1.88. The van der Waals surface area contributed by atoms with E-state index in [0.29, 0.717) is 11.3 Å². The molecule has 2 fully saturated rings. The van der Waals surface area contributed by atoms with Crippen LogP contribution in [-0.4, -0.2) is 26.1 Å². The molecule has 2 aliphatic carbocycles. The zero-order chi connectivity index (χ0) is 10.6. The maximum atomic E-state index is 13.1. The second-order valence-electron chi connectivity index (χ2n) is 4.75. The molecule has 2 saturated carbocycles. The van der Waals surface area contributed by atoms with Gasteiger partial charge in [-0.2, -0.15) is 5.10 Å². The molecule has 1 aromatic heterocycles. The number of aryl methyl sites for hydroxylation is 2. The normalized spacial score (nSPS) is 22.0. The minimum atomic E-state index is -2.22. The fourth-order valence-electron chi connectivity index (χ4n) is 2.35. The maximum Gasteiger partial charge on any atom is 0.188 e. The summed E-state index contributed by atoms with van der Waals surface area (Å²) in [5, 5.41) is 4.23. The minimum Gasteiger partial charge on any atom is -0.315 e. The van der Waals surface area contributed by atoms with Gasteiger partial charge < -0.3 is 4.57 Å². The van der Waals surface area contributed by atoms with E-state index in [1.807, 2.05) is 14.0 Å². The fourth-order valence-corrected chi connectivity index (χ4v) is 6.23. The molecule has 82 valence electrons. The molecule has 0 N–H and O–H groups in total. The molecule has 0 atom stereocenters. The lowest BCUT2D eigenvalue weighted by atomic mass is 10.8. The monoisotopic (exact) mass is 225 g/mol. The van der Waals surface area contributed by atoms with Gasteiger partial charge in [-0.05, 0) is 32.6 Å². The molecule has 4 nitrogen and oxygen atoms in total. The zero-order valence-electron chi connectivity index (χ0n) is 9.18. The van der Waals surface area contributed by atoms with Crippen LogP contribution in [0.4, 0.5) is 0 Å². The van der Waals surface area contributed by atoms with Crippen LogP contribution < -0.4 is 5.57 Å². The summed E-state index contributed by atoms with van der Waals surface area (Å²) in [5.74, 6) is 0.744. The van der Waals surface area contributed by atoms with Gasteiger partial charge in [0, 0.05) is 18.4 Å². The van der Waals surface area contributed by atoms with E-state index in [1.54, 1.807) is 4.68 Å². The van der Waals surface area contributed by atoms with Crippen molar-refractivity contribution in [2.24, 2.45) is 7.05 Å². The van der Waals surface area contributed by atoms with Crippen LogP contribution >= 0.6 is 7.14 Å². The lowest BCUT2D eigenvalue weighted by Gasteiger charge is -2.15.